The summed E-state index contributed by atoms with van der Waals surface area (Å²) in [5, 5.41) is 0. The van der Waals surface area contributed by atoms with Crippen LogP contribution >= 0.6 is 0 Å². The van der Waals surface area contributed by atoms with Gasteiger partial charge in [0.2, 0.25) is 0 Å². The van der Waals surface area contributed by atoms with Gasteiger partial charge < -0.3 is 0 Å². The smallest absolute Gasteiger partial charge is 0 e. The zero-order valence-electron chi connectivity index (χ0n) is 1.79. The van der Waals surface area contributed by atoms with Gasteiger partial charge in [-0.1, -0.05) is 0 Å². The van der Waals surface area contributed by atoms with Gasteiger partial charge in [-0.25, -0.2) is 0 Å². The van der Waals surface area contributed by atoms with Gasteiger partial charge in [0.15, 0.2) is 17.4 Å². The molecule has 0 amide bonds. The van der Waals surface area contributed by atoms with E-state index < -0.39 is 0 Å². The van der Waals surface area contributed by atoms with Crippen LogP contribution in [0.2, 0.25) is 0 Å². The molecule has 0 aromatic rings. The van der Waals surface area contributed by atoms with Crippen molar-refractivity contribution in [1.82, 2.24) is 0 Å². The molecule has 0 saturated heterocycles. The van der Waals surface area contributed by atoms with Gasteiger partial charge in [-0.15, -0.1) is 0 Å². The van der Waals surface area contributed by atoms with Gasteiger partial charge in [-0.3, -0.25) is 0 Å². The van der Waals surface area contributed by atoms with Gasteiger partial charge in [0.25, 0.3) is 0 Å². The normalized spacial score (nSPS) is 0. The third kappa shape index (κ3) is 27.5. The molecule has 0 heterocycles. The summed E-state index contributed by atoms with van der Waals surface area (Å²) >= 11 is 0. The fourth-order valence-corrected chi connectivity index (χ4v) is 0. The van der Waals surface area contributed by atoms with Crippen molar-refractivity contribution in [1.29, 1.82) is 0 Å². The topological polar surface area (TPSA) is 0 Å². The predicted octanol–water partition coefficient (Wildman–Crippen LogP) is -1.20. The van der Waals surface area contributed by atoms with Gasteiger partial charge in [-0.2, -0.15) is 0 Å². The summed E-state index contributed by atoms with van der Waals surface area (Å²) in [6.45, 7) is 0. The molecule has 0 aliphatic rings. The molecule has 0 nitrogen and oxygen atoms in total. The van der Waals surface area contributed by atoms with Crippen LogP contribution in [0.5, 0.6) is 0 Å². The van der Waals surface area contributed by atoms with Crippen molar-refractivity contribution in [2.45, 2.75) is 0 Å². The second-order valence-electron chi connectivity index (χ2n) is 0. The molecular weight excluding hydrogens is 307 g/mol. The Morgan fingerprint density at radius 2 is 1.00 bits per heavy atom. The maximum Gasteiger partial charge on any atom is 0.187 e. The Hall–Kier alpha value is 3.10. The van der Waals surface area contributed by atoms with Crippen LogP contribution in [-0.4, -0.2) is 17.4 Å². The fraction of sp³-hybridized carbons (Fsp3) is 0. The molecule has 0 aromatic heterocycles. The number of hydrogen-bond acceptors (Lipinski definition) is 0. The van der Waals surface area contributed by atoms with Gasteiger partial charge in [0.1, 0.15) is 0 Å². The van der Waals surface area contributed by atoms with Crippen molar-refractivity contribution in [2.75, 3.05) is 0 Å². The molecule has 0 N–H and O–H groups in total. The molecule has 0 aromatic carbocycles. The molecule has 0 rings (SSSR count). The van der Waals surface area contributed by atoms with Gasteiger partial charge >= 0.3 is 0 Å². The van der Waals surface area contributed by atoms with Crippen molar-refractivity contribution < 1.29 is 84.8 Å². The van der Waals surface area contributed by atoms with Crippen molar-refractivity contribution in [3.05, 3.63) is 0 Å². The zero-order valence-corrected chi connectivity index (χ0v) is 7.38. The monoisotopic (exact) mass is 310 g/mol. The van der Waals surface area contributed by atoms with E-state index in [4.69, 9.17) is 0 Å². The van der Waals surface area contributed by atoms with E-state index in [1.165, 1.54) is 0 Å². The molecule has 0 aliphatic carbocycles. The third-order valence-corrected chi connectivity index (χ3v) is 0. The molecule has 6 heteroatoms. The summed E-state index contributed by atoms with van der Waals surface area (Å²) in [6.07, 6.45) is 0. The first-order valence-corrected chi connectivity index (χ1v) is 0. The van der Waals surface area contributed by atoms with Crippen LogP contribution < -0.4 is 0 Å². The first-order valence-electron chi connectivity index (χ1n) is 0. The van der Waals surface area contributed by atoms with E-state index in [1.807, 2.05) is 0 Å². The zero-order chi connectivity index (χ0) is 0. The van der Waals surface area contributed by atoms with E-state index in [0.29, 0.717) is 0 Å². The second-order valence-corrected chi connectivity index (χ2v) is 0. The maximum absolute atomic E-state index is 0. The van der Waals surface area contributed by atoms with E-state index in [9.17, 15) is 0 Å². The van der Waals surface area contributed by atoms with Gasteiger partial charge in [-0.05, 0) is 0 Å². The molecular formula is H3AlCoCrFeMnNi. The molecule has 0 spiro atoms. The van der Waals surface area contributed by atoms with E-state index in [1.54, 1.807) is 0 Å². The number of hydrogen-bond donors (Lipinski definition) is 0. The Balaban J connectivity index is 0. The van der Waals surface area contributed by atoms with Crippen LogP contribution in [0.25, 0.3) is 0 Å². The van der Waals surface area contributed by atoms with Crippen LogP contribution in [0.4, 0.5) is 0 Å². The van der Waals surface area contributed by atoms with Crippen molar-refractivity contribution >= 4 is 17.4 Å². The molecule has 0 saturated carbocycles. The molecule has 2 radical (unpaired) electrons. The minimum absolute atomic E-state index is 0. The van der Waals surface area contributed by atoms with Gasteiger partial charge in [0, 0.05) is 84.8 Å². The van der Waals surface area contributed by atoms with E-state index in [-0.39, 0.29) is 102 Å². The van der Waals surface area contributed by atoms with Crippen molar-refractivity contribution in [2.24, 2.45) is 0 Å². The van der Waals surface area contributed by atoms with Crippen LogP contribution in [0, 0.1) is 0 Å². The molecule has 46 valence electrons. The van der Waals surface area contributed by atoms with E-state index >= 15 is 0 Å². The largest absolute Gasteiger partial charge is 0.187 e. The summed E-state index contributed by atoms with van der Waals surface area (Å²) in [4.78, 5) is 0. The third-order valence-electron chi connectivity index (χ3n) is 0. The first-order chi connectivity index (χ1) is 0. The Bertz CT molecular complexity index is 15.5. The Labute approximate surface area is 101 Å². The average molecular weight is 310 g/mol. The van der Waals surface area contributed by atoms with Crippen LogP contribution in [0.3, 0.4) is 0 Å². The van der Waals surface area contributed by atoms with Crippen molar-refractivity contribution in [3.8, 4) is 0 Å². The van der Waals surface area contributed by atoms with Crippen molar-refractivity contribution in [3.63, 3.8) is 0 Å². The Morgan fingerprint density at radius 1 is 1.00 bits per heavy atom. The second kappa shape index (κ2) is 42.4. The standard InChI is InChI=1S/Al.Co.Cr.Fe.Mn.Ni.3H. The van der Waals surface area contributed by atoms with Gasteiger partial charge in [0.05, 0.1) is 0 Å². The summed E-state index contributed by atoms with van der Waals surface area (Å²) in [5.74, 6) is 0. The van der Waals surface area contributed by atoms with E-state index in [2.05, 4.69) is 0 Å². The Kier molecular flexibility index (Phi) is 439. The molecule has 0 atom stereocenters. The number of rotatable bonds is 0. The van der Waals surface area contributed by atoms with Crippen LogP contribution in [-0.2, 0) is 84.8 Å². The quantitative estimate of drug-likeness (QED) is 0.493. The SMILES string of the molecule is [AlH3].[Co].[Cr].[Fe].[Mn].[Ni]. The first kappa shape index (κ1) is 62.1. The average Bonchev–Trinajstić information content (AvgIpc) is 0. The molecule has 0 bridgehead atoms. The molecule has 0 aliphatic heterocycles. The maximum atomic E-state index is 0. The summed E-state index contributed by atoms with van der Waals surface area (Å²) in [7, 11) is 0. The summed E-state index contributed by atoms with van der Waals surface area (Å²) in [6, 6.07) is 0. The summed E-state index contributed by atoms with van der Waals surface area (Å²) in [5.41, 5.74) is 0. The molecule has 0 unspecified atom stereocenters. The molecule has 0 fully saturated rings. The minimum atomic E-state index is 0. The molecule has 6 heavy (non-hydrogen) atoms. The van der Waals surface area contributed by atoms with Crippen LogP contribution in [0.15, 0.2) is 0 Å². The van der Waals surface area contributed by atoms with E-state index in [0.717, 1.165) is 0 Å². The summed E-state index contributed by atoms with van der Waals surface area (Å²) < 4.78 is 0. The minimum Gasteiger partial charge on any atom is 0 e. The fourth-order valence-electron chi connectivity index (χ4n) is 0. The van der Waals surface area contributed by atoms with Crippen LogP contribution in [0.1, 0.15) is 0 Å². The predicted molar refractivity (Wildman–Crippen MR) is 9.94 cm³/mol. The Morgan fingerprint density at radius 3 is 1.00 bits per heavy atom.